The molecule has 0 heterocycles. The molecule has 1 aliphatic rings. The van der Waals surface area contributed by atoms with E-state index in [9.17, 15) is 26.4 Å². The third kappa shape index (κ3) is 4.60. The molecule has 1 fully saturated rings. The summed E-state index contributed by atoms with van der Waals surface area (Å²) in [6.45, 7) is 1.05. The number of amides is 1. The predicted octanol–water partition coefficient (Wildman–Crippen LogP) is 2.92. The highest BCUT2D eigenvalue weighted by atomic mass is 32.2. The number of alkyl halides is 3. The van der Waals surface area contributed by atoms with Crippen molar-refractivity contribution in [3.8, 4) is 0 Å². The molecule has 1 aromatic rings. The number of hydrogen-bond acceptors (Lipinski definition) is 3. The minimum atomic E-state index is -4.95. The van der Waals surface area contributed by atoms with Crippen LogP contribution in [-0.4, -0.2) is 25.5 Å². The van der Waals surface area contributed by atoms with Crippen LogP contribution in [0.25, 0.3) is 0 Å². The third-order valence-corrected chi connectivity index (χ3v) is 7.02. The molecule has 27 heavy (non-hydrogen) atoms. The van der Waals surface area contributed by atoms with Gasteiger partial charge in [0.25, 0.3) is 5.91 Å². The third-order valence-electron chi connectivity index (χ3n) is 4.72. The summed E-state index contributed by atoms with van der Waals surface area (Å²) in [5.74, 6) is -1.65. The number of nitrogens with zero attached hydrogens (tertiary/aromatic N) is 1. The second-order valence-corrected chi connectivity index (χ2v) is 8.81. The summed E-state index contributed by atoms with van der Waals surface area (Å²) in [6, 6.07) is 1.87. The van der Waals surface area contributed by atoms with Gasteiger partial charge in [-0.3, -0.25) is 4.79 Å². The molecule has 4 N–H and O–H groups in total. The van der Waals surface area contributed by atoms with Crippen molar-refractivity contribution in [3.05, 3.63) is 28.8 Å². The summed E-state index contributed by atoms with van der Waals surface area (Å²) in [6.07, 6.45) is -1.25. The fourth-order valence-corrected chi connectivity index (χ4v) is 5.54. The second-order valence-electron chi connectivity index (χ2n) is 6.61. The Hall–Kier alpha value is -2.10. The normalized spacial score (nSPS) is 16.6. The van der Waals surface area contributed by atoms with Gasteiger partial charge < -0.3 is 11.5 Å². The van der Waals surface area contributed by atoms with Crippen LogP contribution in [0.1, 0.15) is 60.0 Å². The maximum Gasteiger partial charge on any atom is 0.417 e. The quantitative estimate of drug-likeness (QED) is 0.456. The molecule has 0 bridgehead atoms. The lowest BCUT2D eigenvalue weighted by Crippen LogP contribution is -2.26. The lowest BCUT2D eigenvalue weighted by molar-refractivity contribution is -0.140. The molecule has 150 valence electrons. The smallest absolute Gasteiger partial charge is 0.370 e. The zero-order valence-electron chi connectivity index (χ0n) is 14.8. The van der Waals surface area contributed by atoms with E-state index in [4.69, 9.17) is 11.5 Å². The van der Waals surface area contributed by atoms with Crippen LogP contribution in [0.4, 0.5) is 13.2 Å². The van der Waals surface area contributed by atoms with Crippen LogP contribution in [0, 0.1) is 6.92 Å². The zero-order chi connectivity index (χ0) is 20.4. The first-order chi connectivity index (χ1) is 12.5. The number of halogens is 3. The van der Waals surface area contributed by atoms with Crippen LogP contribution >= 0.6 is 0 Å². The Morgan fingerprint density at radius 2 is 1.67 bits per heavy atom. The van der Waals surface area contributed by atoms with Gasteiger partial charge in [0, 0.05) is 5.56 Å². The number of aliphatic imine (C=N–C) groups is 1. The van der Waals surface area contributed by atoms with Gasteiger partial charge in [0.15, 0.2) is 15.8 Å². The number of guanidine groups is 1. The molecule has 0 unspecified atom stereocenters. The summed E-state index contributed by atoms with van der Waals surface area (Å²) in [7, 11) is -4.20. The minimum absolute atomic E-state index is 0.327. The Balaban J connectivity index is 2.65. The lowest BCUT2D eigenvalue weighted by atomic mass is 10.0. The van der Waals surface area contributed by atoms with Crippen LogP contribution in [-0.2, 0) is 16.0 Å². The van der Waals surface area contributed by atoms with E-state index in [-0.39, 0.29) is 0 Å². The van der Waals surface area contributed by atoms with Crippen LogP contribution in [0.5, 0.6) is 0 Å². The fourth-order valence-electron chi connectivity index (χ4n) is 3.42. The molecule has 6 nitrogen and oxygen atoms in total. The van der Waals surface area contributed by atoms with Crippen LogP contribution < -0.4 is 11.5 Å². The van der Waals surface area contributed by atoms with Gasteiger partial charge in [0.2, 0.25) is 0 Å². The summed E-state index contributed by atoms with van der Waals surface area (Å²) in [5, 5.41) is -0.861. The largest absolute Gasteiger partial charge is 0.417 e. The van der Waals surface area contributed by atoms with Gasteiger partial charge in [-0.15, -0.1) is 0 Å². The van der Waals surface area contributed by atoms with E-state index in [2.05, 4.69) is 4.99 Å². The van der Waals surface area contributed by atoms with Gasteiger partial charge >= 0.3 is 6.18 Å². The molecule has 0 aromatic heterocycles. The molecule has 0 aliphatic heterocycles. The topological polar surface area (TPSA) is 116 Å². The molecule has 1 saturated carbocycles. The maximum atomic E-state index is 13.7. The first kappa shape index (κ1) is 21.2. The Morgan fingerprint density at radius 1 is 1.11 bits per heavy atom. The Morgan fingerprint density at radius 3 is 2.15 bits per heavy atom. The lowest BCUT2D eigenvalue weighted by Gasteiger charge is -2.21. The highest BCUT2D eigenvalue weighted by molar-refractivity contribution is 7.92. The first-order valence-electron chi connectivity index (χ1n) is 8.55. The van der Waals surface area contributed by atoms with E-state index in [1.54, 1.807) is 0 Å². The Kier molecular flexibility index (Phi) is 6.18. The Labute approximate surface area is 155 Å². The van der Waals surface area contributed by atoms with Gasteiger partial charge in [-0.1, -0.05) is 25.7 Å². The van der Waals surface area contributed by atoms with Crippen molar-refractivity contribution < 1.29 is 26.4 Å². The van der Waals surface area contributed by atoms with E-state index < -0.39 is 54.7 Å². The van der Waals surface area contributed by atoms with Crippen LogP contribution in [0.15, 0.2) is 22.0 Å². The van der Waals surface area contributed by atoms with Gasteiger partial charge in [0.1, 0.15) is 0 Å². The number of nitrogens with two attached hydrogens (primary N) is 2. The van der Waals surface area contributed by atoms with Gasteiger partial charge in [0.05, 0.1) is 15.7 Å². The number of carbonyl (C=O) groups is 1. The van der Waals surface area contributed by atoms with Gasteiger partial charge in [-0.05, 0) is 37.5 Å². The van der Waals surface area contributed by atoms with Crippen LogP contribution in [0.3, 0.4) is 0 Å². The molecular weight excluding hydrogens is 383 g/mol. The molecule has 1 aliphatic carbocycles. The fraction of sp³-hybridized carbons (Fsp3) is 0.529. The highest BCUT2D eigenvalue weighted by Crippen LogP contribution is 2.40. The van der Waals surface area contributed by atoms with Crippen molar-refractivity contribution in [1.82, 2.24) is 0 Å². The van der Waals surface area contributed by atoms with Crippen molar-refractivity contribution in [2.75, 3.05) is 0 Å². The molecule has 0 saturated heterocycles. The predicted molar refractivity (Wildman–Crippen MR) is 95.0 cm³/mol. The molecule has 1 aromatic carbocycles. The van der Waals surface area contributed by atoms with Crippen molar-refractivity contribution in [2.24, 2.45) is 16.5 Å². The summed E-state index contributed by atoms with van der Waals surface area (Å²) in [5.41, 5.74) is 7.98. The van der Waals surface area contributed by atoms with Crippen molar-refractivity contribution >= 4 is 21.7 Å². The number of sulfone groups is 1. The van der Waals surface area contributed by atoms with E-state index in [0.29, 0.717) is 25.7 Å². The molecule has 0 radical (unpaired) electrons. The summed E-state index contributed by atoms with van der Waals surface area (Å²) in [4.78, 5) is 14.5. The van der Waals surface area contributed by atoms with Crippen molar-refractivity contribution in [1.29, 1.82) is 0 Å². The molecular formula is C17H22F3N3O3S. The number of hydrogen-bond donors (Lipinski definition) is 2. The zero-order valence-corrected chi connectivity index (χ0v) is 15.7. The van der Waals surface area contributed by atoms with E-state index in [1.807, 2.05) is 0 Å². The molecule has 0 atom stereocenters. The van der Waals surface area contributed by atoms with E-state index in [0.717, 1.165) is 31.9 Å². The van der Waals surface area contributed by atoms with Gasteiger partial charge in [-0.2, -0.15) is 18.2 Å². The summed E-state index contributed by atoms with van der Waals surface area (Å²) >= 11 is 0. The molecule has 1 amide bonds. The maximum absolute atomic E-state index is 13.7. The van der Waals surface area contributed by atoms with E-state index in [1.165, 1.54) is 0 Å². The molecule has 2 rings (SSSR count). The average Bonchev–Trinajstić information content (AvgIpc) is 2.82. The van der Waals surface area contributed by atoms with Gasteiger partial charge in [-0.25, -0.2) is 8.42 Å². The SMILES string of the molecule is Cc1c(C(=O)N=C(N)N)ccc(S(=O)(=O)C2CCCCCC2)c1C(F)(F)F. The number of benzene rings is 1. The standard InChI is InChI=1S/C17H22F3N3O3S/c1-10-12(15(24)23-16(21)22)8-9-13(14(10)17(18,19)20)27(25,26)11-6-4-2-3-5-7-11/h8-9,11H,2-7H2,1H3,(H4,21,22,23,24). The molecule has 0 spiro atoms. The van der Waals surface area contributed by atoms with E-state index >= 15 is 0 Å². The number of carbonyl (C=O) groups excluding carboxylic acids is 1. The monoisotopic (exact) mass is 405 g/mol. The minimum Gasteiger partial charge on any atom is -0.370 e. The highest BCUT2D eigenvalue weighted by Gasteiger charge is 2.42. The Bertz CT molecular complexity index is 852. The molecule has 10 heteroatoms. The summed E-state index contributed by atoms with van der Waals surface area (Å²) < 4.78 is 67.1. The number of rotatable bonds is 3. The first-order valence-corrected chi connectivity index (χ1v) is 10.1. The second kappa shape index (κ2) is 7.87. The van der Waals surface area contributed by atoms with Crippen molar-refractivity contribution in [3.63, 3.8) is 0 Å². The average molecular weight is 405 g/mol. The van der Waals surface area contributed by atoms with Crippen LogP contribution in [0.2, 0.25) is 0 Å². The van der Waals surface area contributed by atoms with Crippen molar-refractivity contribution in [2.45, 2.75) is 61.8 Å².